The number of nitrogen functional groups attached to an aromatic ring is 2. The van der Waals surface area contributed by atoms with Crippen LogP contribution in [0.15, 0.2) is 97.1 Å². The maximum atomic E-state index is 6.01. The van der Waals surface area contributed by atoms with Gasteiger partial charge in [-0.2, -0.15) is 0 Å². The molecule has 8 rings (SSSR count). The molecule has 4 aromatic rings. The molecule has 0 atom stereocenters. The minimum absolute atomic E-state index is 0.723. The smallest absolute Gasteiger partial charge is 0.161 e. The van der Waals surface area contributed by atoms with Gasteiger partial charge in [-0.1, -0.05) is 60.7 Å². The fourth-order valence-corrected chi connectivity index (χ4v) is 3.93. The van der Waals surface area contributed by atoms with Gasteiger partial charge >= 0.3 is 0 Å². The van der Waals surface area contributed by atoms with E-state index in [-0.39, 0.29) is 0 Å². The van der Waals surface area contributed by atoms with Crippen molar-refractivity contribution >= 4 is 34.9 Å². The van der Waals surface area contributed by atoms with Crippen molar-refractivity contribution in [2.45, 2.75) is 5.66 Å². The summed E-state index contributed by atoms with van der Waals surface area (Å²) in [6.07, 6.45) is 4.24. The Kier molecular flexibility index (Phi) is 4.60. The molecule has 0 amide bonds. The zero-order valence-electron chi connectivity index (χ0n) is 17.0. The van der Waals surface area contributed by atoms with E-state index in [9.17, 15) is 0 Å². The Morgan fingerprint density at radius 2 is 0.806 bits per heavy atom. The van der Waals surface area contributed by atoms with Crippen molar-refractivity contribution in [1.29, 1.82) is 0 Å². The third-order valence-corrected chi connectivity index (χ3v) is 5.64. The van der Waals surface area contributed by atoms with Crippen molar-refractivity contribution < 1.29 is 0 Å². The van der Waals surface area contributed by atoms with Gasteiger partial charge in [-0.25, -0.2) is 0 Å². The molecule has 4 aliphatic rings. The Balaban J connectivity index is 1.76. The van der Waals surface area contributed by atoms with Crippen molar-refractivity contribution in [3.8, 4) is 0 Å². The molecule has 4 heterocycles. The summed E-state index contributed by atoms with van der Waals surface area (Å²) in [4.78, 5) is 0. The second kappa shape index (κ2) is 7.58. The lowest BCUT2D eigenvalue weighted by molar-refractivity contribution is 0.679. The Morgan fingerprint density at radius 1 is 0.452 bits per heavy atom. The van der Waals surface area contributed by atoms with Crippen molar-refractivity contribution in [2.24, 2.45) is 0 Å². The van der Waals surface area contributed by atoms with E-state index in [1.807, 2.05) is 48.5 Å². The SMILES string of the molecule is Nc1ccc(C2(c3ccc(N)cc3)Nc3ccc(cc3)C=Cc3ccc(cc3)N2)cc1. The van der Waals surface area contributed by atoms with Crippen molar-refractivity contribution in [3.05, 3.63) is 119 Å². The van der Waals surface area contributed by atoms with Crippen LogP contribution in [0.25, 0.3) is 12.2 Å². The topological polar surface area (TPSA) is 76.1 Å². The van der Waals surface area contributed by atoms with E-state index in [1.165, 1.54) is 0 Å². The van der Waals surface area contributed by atoms with E-state index in [0.717, 1.165) is 45.0 Å². The van der Waals surface area contributed by atoms with Crippen LogP contribution >= 0.6 is 0 Å². The lowest BCUT2D eigenvalue weighted by Gasteiger charge is -2.39. The molecule has 4 bridgehead atoms. The molecule has 0 unspecified atom stereocenters. The standard InChI is InChI=1S/C27H24N4/c28-23-11-7-21(8-12-23)27(22-9-13-24(29)14-10-22)30-25-15-3-19(4-16-25)1-2-20-5-17-26(31-27)18-6-20/h1-18,30-31H,28-29H2. The lowest BCUT2D eigenvalue weighted by atomic mass is 9.89. The minimum Gasteiger partial charge on any atom is -0.399 e. The van der Waals surface area contributed by atoms with Gasteiger partial charge in [0.25, 0.3) is 0 Å². The Morgan fingerprint density at radius 3 is 1.16 bits per heavy atom. The van der Waals surface area contributed by atoms with Crippen molar-refractivity contribution in [1.82, 2.24) is 0 Å². The highest BCUT2D eigenvalue weighted by molar-refractivity contribution is 5.73. The van der Waals surface area contributed by atoms with Crippen LogP contribution in [0.2, 0.25) is 0 Å². The van der Waals surface area contributed by atoms with Gasteiger partial charge in [-0.15, -0.1) is 0 Å². The summed E-state index contributed by atoms with van der Waals surface area (Å²) in [5.41, 5.74) is 19.1. The molecule has 6 N–H and O–H groups in total. The number of nitrogens with two attached hydrogens (primary N) is 2. The molecule has 0 radical (unpaired) electrons. The molecular weight excluding hydrogens is 380 g/mol. The molecule has 4 aliphatic heterocycles. The zero-order chi connectivity index (χ0) is 21.3. The fourth-order valence-electron chi connectivity index (χ4n) is 3.93. The Bertz CT molecular complexity index is 1110. The van der Waals surface area contributed by atoms with Gasteiger partial charge in [0, 0.05) is 33.9 Å². The van der Waals surface area contributed by atoms with E-state index in [1.54, 1.807) is 0 Å². The quantitative estimate of drug-likeness (QED) is 0.320. The largest absolute Gasteiger partial charge is 0.399 e. The first kappa shape index (κ1) is 18.8. The monoisotopic (exact) mass is 404 g/mol. The number of nitrogens with one attached hydrogen (secondary N) is 2. The molecule has 0 spiro atoms. The van der Waals surface area contributed by atoms with Gasteiger partial charge < -0.3 is 22.1 Å². The van der Waals surface area contributed by atoms with Crippen LogP contribution in [0, 0.1) is 0 Å². The Labute approximate surface area is 182 Å². The lowest BCUT2D eigenvalue weighted by Crippen LogP contribution is -2.44. The van der Waals surface area contributed by atoms with Crippen LogP contribution in [0.1, 0.15) is 22.3 Å². The molecule has 152 valence electrons. The predicted octanol–water partition coefficient (Wildman–Crippen LogP) is 5.76. The number of hydrogen-bond donors (Lipinski definition) is 4. The average molecular weight is 405 g/mol. The predicted molar refractivity (Wildman–Crippen MR) is 132 cm³/mol. The molecular formula is C27H24N4. The second-order valence-corrected chi connectivity index (χ2v) is 7.82. The van der Waals surface area contributed by atoms with Crippen LogP contribution in [-0.2, 0) is 5.66 Å². The summed E-state index contributed by atoms with van der Waals surface area (Å²) in [5, 5.41) is 7.53. The number of anilines is 4. The van der Waals surface area contributed by atoms with Crippen LogP contribution < -0.4 is 22.1 Å². The number of rotatable bonds is 2. The third kappa shape index (κ3) is 3.71. The van der Waals surface area contributed by atoms with Crippen molar-refractivity contribution in [2.75, 3.05) is 22.1 Å². The highest BCUT2D eigenvalue weighted by Crippen LogP contribution is 2.36. The van der Waals surface area contributed by atoms with Crippen LogP contribution in [-0.4, -0.2) is 0 Å². The molecule has 0 aromatic heterocycles. The summed E-state index contributed by atoms with van der Waals surface area (Å²) in [6, 6.07) is 32.7. The molecule has 0 saturated heterocycles. The third-order valence-electron chi connectivity index (χ3n) is 5.64. The van der Waals surface area contributed by atoms with Crippen LogP contribution in [0.4, 0.5) is 22.7 Å². The maximum Gasteiger partial charge on any atom is 0.161 e. The van der Waals surface area contributed by atoms with Crippen LogP contribution in [0.5, 0.6) is 0 Å². The summed E-state index contributed by atoms with van der Waals surface area (Å²) in [5.74, 6) is 0. The second-order valence-electron chi connectivity index (χ2n) is 7.82. The molecule has 0 fully saturated rings. The first-order valence-corrected chi connectivity index (χ1v) is 10.3. The highest BCUT2D eigenvalue weighted by Gasteiger charge is 2.34. The van der Waals surface area contributed by atoms with E-state index < -0.39 is 5.66 Å². The van der Waals surface area contributed by atoms with Gasteiger partial charge in [-0.05, 0) is 59.7 Å². The van der Waals surface area contributed by atoms with Crippen molar-refractivity contribution in [3.63, 3.8) is 0 Å². The van der Waals surface area contributed by atoms with E-state index in [0.29, 0.717) is 0 Å². The van der Waals surface area contributed by atoms with E-state index >= 15 is 0 Å². The van der Waals surface area contributed by atoms with Gasteiger partial charge in [0.15, 0.2) is 5.66 Å². The molecule has 4 aromatic carbocycles. The summed E-state index contributed by atoms with van der Waals surface area (Å²) in [7, 11) is 0. The number of hydrogen-bond acceptors (Lipinski definition) is 4. The van der Waals surface area contributed by atoms with Crippen LogP contribution in [0.3, 0.4) is 0 Å². The van der Waals surface area contributed by atoms with Gasteiger partial charge in [-0.3, -0.25) is 0 Å². The molecule has 4 nitrogen and oxygen atoms in total. The zero-order valence-corrected chi connectivity index (χ0v) is 17.0. The first-order chi connectivity index (χ1) is 15.1. The fraction of sp³-hybridized carbons (Fsp3) is 0.0370. The molecule has 31 heavy (non-hydrogen) atoms. The van der Waals surface area contributed by atoms with Gasteiger partial charge in [0.1, 0.15) is 0 Å². The number of benzene rings is 4. The van der Waals surface area contributed by atoms with E-state index in [4.69, 9.17) is 11.5 Å². The molecule has 0 aliphatic carbocycles. The van der Waals surface area contributed by atoms with E-state index in [2.05, 4.69) is 71.3 Å². The van der Waals surface area contributed by atoms with Gasteiger partial charge in [0.05, 0.1) is 0 Å². The molecule has 0 saturated carbocycles. The maximum absolute atomic E-state index is 6.01. The summed E-state index contributed by atoms with van der Waals surface area (Å²) < 4.78 is 0. The first-order valence-electron chi connectivity index (χ1n) is 10.3. The molecule has 4 heteroatoms. The average Bonchev–Trinajstić information content (AvgIpc) is 2.83. The normalized spacial score (nSPS) is 14.1. The Hall–Kier alpha value is -4.18. The summed E-state index contributed by atoms with van der Waals surface area (Å²) >= 11 is 0. The summed E-state index contributed by atoms with van der Waals surface area (Å²) in [6.45, 7) is 0. The van der Waals surface area contributed by atoms with Gasteiger partial charge in [0.2, 0.25) is 0 Å². The minimum atomic E-state index is -0.744. The highest BCUT2D eigenvalue weighted by atomic mass is 15.2.